The Labute approximate surface area is 130 Å². The standard InChI is InChI=1S/C17H22N4O/c1-21(12-9-13-7-10-18-11-8-13)17(22)16-14-5-3-2-4-6-15(14)19-20-16/h7-8,10-11H,2-6,9,12H2,1H3,(H,19,20). The van der Waals surface area contributed by atoms with Crippen molar-refractivity contribution in [1.82, 2.24) is 20.1 Å². The molecule has 22 heavy (non-hydrogen) atoms. The number of H-pyrrole nitrogens is 1. The average Bonchev–Trinajstić information content (AvgIpc) is 2.81. The van der Waals surface area contributed by atoms with Gasteiger partial charge in [-0.2, -0.15) is 5.10 Å². The Morgan fingerprint density at radius 1 is 1.23 bits per heavy atom. The van der Waals surface area contributed by atoms with Gasteiger partial charge in [0.2, 0.25) is 0 Å². The van der Waals surface area contributed by atoms with Crippen LogP contribution >= 0.6 is 0 Å². The summed E-state index contributed by atoms with van der Waals surface area (Å²) in [5.41, 5.74) is 4.10. The summed E-state index contributed by atoms with van der Waals surface area (Å²) < 4.78 is 0. The number of rotatable bonds is 4. The van der Waals surface area contributed by atoms with Crippen molar-refractivity contribution in [2.75, 3.05) is 13.6 Å². The van der Waals surface area contributed by atoms with Crippen molar-refractivity contribution in [2.45, 2.75) is 38.5 Å². The Hall–Kier alpha value is -2.17. The minimum Gasteiger partial charge on any atom is -0.340 e. The van der Waals surface area contributed by atoms with Gasteiger partial charge in [0.05, 0.1) is 0 Å². The first-order valence-corrected chi connectivity index (χ1v) is 7.96. The van der Waals surface area contributed by atoms with Crippen LogP contribution in [0.3, 0.4) is 0 Å². The highest BCUT2D eigenvalue weighted by Gasteiger charge is 2.23. The summed E-state index contributed by atoms with van der Waals surface area (Å²) in [6.45, 7) is 0.685. The van der Waals surface area contributed by atoms with Gasteiger partial charge in [0, 0.05) is 37.2 Å². The second-order valence-corrected chi connectivity index (χ2v) is 5.92. The predicted molar refractivity (Wildman–Crippen MR) is 84.7 cm³/mol. The maximum atomic E-state index is 12.6. The van der Waals surface area contributed by atoms with E-state index in [2.05, 4.69) is 15.2 Å². The molecule has 5 heteroatoms. The molecule has 5 nitrogen and oxygen atoms in total. The molecule has 2 aromatic heterocycles. The molecular formula is C17H22N4O. The van der Waals surface area contributed by atoms with Gasteiger partial charge in [0.15, 0.2) is 5.69 Å². The summed E-state index contributed by atoms with van der Waals surface area (Å²) >= 11 is 0. The van der Waals surface area contributed by atoms with E-state index in [0.29, 0.717) is 12.2 Å². The van der Waals surface area contributed by atoms with E-state index in [9.17, 15) is 4.79 Å². The van der Waals surface area contributed by atoms with Crippen molar-refractivity contribution >= 4 is 5.91 Å². The number of pyridine rings is 1. The number of nitrogens with zero attached hydrogens (tertiary/aromatic N) is 3. The van der Waals surface area contributed by atoms with Crippen LogP contribution in [0.4, 0.5) is 0 Å². The summed E-state index contributed by atoms with van der Waals surface area (Å²) in [7, 11) is 1.85. The van der Waals surface area contributed by atoms with Gasteiger partial charge in [-0.1, -0.05) is 6.42 Å². The number of aromatic nitrogens is 3. The molecule has 3 rings (SSSR count). The summed E-state index contributed by atoms with van der Waals surface area (Å²) in [5.74, 6) is 0.0217. The molecule has 0 aliphatic heterocycles. The third-order valence-corrected chi connectivity index (χ3v) is 4.34. The summed E-state index contributed by atoms with van der Waals surface area (Å²) in [5, 5.41) is 7.36. The van der Waals surface area contributed by atoms with Crippen LogP contribution in [0.15, 0.2) is 24.5 Å². The van der Waals surface area contributed by atoms with Crippen molar-refractivity contribution in [1.29, 1.82) is 0 Å². The topological polar surface area (TPSA) is 61.9 Å². The van der Waals surface area contributed by atoms with Gasteiger partial charge in [0.1, 0.15) is 0 Å². The van der Waals surface area contributed by atoms with Crippen molar-refractivity contribution < 1.29 is 4.79 Å². The fraction of sp³-hybridized carbons (Fsp3) is 0.471. The van der Waals surface area contributed by atoms with Gasteiger partial charge in [0.25, 0.3) is 5.91 Å². The average molecular weight is 298 g/mol. The number of hydrogen-bond donors (Lipinski definition) is 1. The highest BCUT2D eigenvalue weighted by Crippen LogP contribution is 2.22. The van der Waals surface area contributed by atoms with Gasteiger partial charge in [-0.3, -0.25) is 14.9 Å². The number of carbonyl (C=O) groups excluding carboxylic acids is 1. The molecule has 0 saturated carbocycles. The fourth-order valence-electron chi connectivity index (χ4n) is 2.96. The van der Waals surface area contributed by atoms with Crippen LogP contribution in [-0.2, 0) is 19.3 Å². The minimum absolute atomic E-state index is 0.0217. The molecule has 0 atom stereocenters. The van der Waals surface area contributed by atoms with Crippen LogP contribution in [0.2, 0.25) is 0 Å². The Kier molecular flexibility index (Phi) is 4.51. The Balaban J connectivity index is 1.67. The number of aromatic amines is 1. The zero-order chi connectivity index (χ0) is 15.4. The fourth-order valence-corrected chi connectivity index (χ4v) is 2.96. The highest BCUT2D eigenvalue weighted by atomic mass is 16.2. The molecule has 0 unspecified atom stereocenters. The number of likely N-dealkylation sites (N-methyl/N-ethyl adjacent to an activating group) is 1. The maximum absolute atomic E-state index is 12.6. The molecule has 1 N–H and O–H groups in total. The Bertz CT molecular complexity index is 635. The molecule has 116 valence electrons. The van der Waals surface area contributed by atoms with E-state index in [1.54, 1.807) is 17.3 Å². The molecule has 0 saturated heterocycles. The van der Waals surface area contributed by atoms with Gasteiger partial charge in [-0.15, -0.1) is 0 Å². The lowest BCUT2D eigenvalue weighted by Crippen LogP contribution is -2.30. The van der Waals surface area contributed by atoms with Gasteiger partial charge in [-0.05, 0) is 49.8 Å². The molecule has 1 aliphatic rings. The summed E-state index contributed by atoms with van der Waals surface area (Å²) in [4.78, 5) is 18.4. The third kappa shape index (κ3) is 3.18. The second kappa shape index (κ2) is 6.73. The van der Waals surface area contributed by atoms with Crippen LogP contribution in [0, 0.1) is 0 Å². The summed E-state index contributed by atoms with van der Waals surface area (Å²) in [6.07, 6.45) is 9.93. The minimum atomic E-state index is 0.0217. The van der Waals surface area contributed by atoms with E-state index >= 15 is 0 Å². The molecule has 2 heterocycles. The zero-order valence-corrected chi connectivity index (χ0v) is 13.0. The molecule has 0 radical (unpaired) electrons. The quantitative estimate of drug-likeness (QED) is 0.882. The Morgan fingerprint density at radius 2 is 2.00 bits per heavy atom. The number of hydrogen-bond acceptors (Lipinski definition) is 3. The monoisotopic (exact) mass is 298 g/mol. The van der Waals surface area contributed by atoms with E-state index in [1.807, 2.05) is 19.2 Å². The molecular weight excluding hydrogens is 276 g/mol. The molecule has 1 aliphatic carbocycles. The van der Waals surface area contributed by atoms with Crippen LogP contribution in [0.25, 0.3) is 0 Å². The third-order valence-electron chi connectivity index (χ3n) is 4.34. The number of amides is 1. The van der Waals surface area contributed by atoms with Crippen molar-refractivity contribution in [3.05, 3.63) is 47.0 Å². The van der Waals surface area contributed by atoms with E-state index in [0.717, 1.165) is 36.9 Å². The molecule has 2 aromatic rings. The predicted octanol–water partition coefficient (Wildman–Crippen LogP) is 2.39. The zero-order valence-electron chi connectivity index (χ0n) is 13.0. The molecule has 0 fully saturated rings. The number of nitrogens with one attached hydrogen (secondary N) is 1. The van der Waals surface area contributed by atoms with Crippen molar-refractivity contribution in [3.8, 4) is 0 Å². The maximum Gasteiger partial charge on any atom is 0.274 e. The highest BCUT2D eigenvalue weighted by molar-refractivity contribution is 5.93. The first kappa shape index (κ1) is 14.8. The van der Waals surface area contributed by atoms with Gasteiger partial charge in [-0.25, -0.2) is 0 Å². The smallest absolute Gasteiger partial charge is 0.274 e. The van der Waals surface area contributed by atoms with Crippen LogP contribution in [0.1, 0.15) is 46.6 Å². The van der Waals surface area contributed by atoms with E-state index in [4.69, 9.17) is 0 Å². The lowest BCUT2D eigenvalue weighted by atomic mass is 10.1. The van der Waals surface area contributed by atoms with Crippen LogP contribution in [-0.4, -0.2) is 39.6 Å². The number of aryl methyl sites for hydroxylation is 1. The van der Waals surface area contributed by atoms with Gasteiger partial charge < -0.3 is 4.90 Å². The first-order chi connectivity index (χ1) is 10.8. The van der Waals surface area contributed by atoms with E-state index < -0.39 is 0 Å². The van der Waals surface area contributed by atoms with Crippen LogP contribution < -0.4 is 0 Å². The number of carbonyl (C=O) groups is 1. The lowest BCUT2D eigenvalue weighted by Gasteiger charge is -2.16. The van der Waals surface area contributed by atoms with E-state index in [-0.39, 0.29) is 5.91 Å². The largest absolute Gasteiger partial charge is 0.340 e. The summed E-state index contributed by atoms with van der Waals surface area (Å²) in [6, 6.07) is 3.97. The second-order valence-electron chi connectivity index (χ2n) is 5.92. The normalized spacial score (nSPS) is 14.2. The molecule has 0 bridgehead atoms. The molecule has 0 spiro atoms. The number of fused-ring (bicyclic) bond motifs is 1. The van der Waals surface area contributed by atoms with Gasteiger partial charge >= 0.3 is 0 Å². The SMILES string of the molecule is CN(CCc1ccncc1)C(=O)c1n[nH]c2c1CCCCC2. The lowest BCUT2D eigenvalue weighted by molar-refractivity contribution is 0.0789. The van der Waals surface area contributed by atoms with E-state index in [1.165, 1.54) is 18.4 Å². The first-order valence-electron chi connectivity index (χ1n) is 7.96. The van der Waals surface area contributed by atoms with Crippen molar-refractivity contribution in [3.63, 3.8) is 0 Å². The van der Waals surface area contributed by atoms with Crippen molar-refractivity contribution in [2.24, 2.45) is 0 Å². The molecule has 0 aromatic carbocycles. The Morgan fingerprint density at radius 3 is 2.82 bits per heavy atom. The van der Waals surface area contributed by atoms with Crippen LogP contribution in [0.5, 0.6) is 0 Å². The molecule has 1 amide bonds.